The number of carbonyl (C=O) groups is 1. The Labute approximate surface area is 139 Å². The average Bonchev–Trinajstić information content (AvgIpc) is 2.92. The van der Waals surface area contributed by atoms with E-state index >= 15 is 0 Å². The van der Waals surface area contributed by atoms with Crippen LogP contribution in [0.5, 0.6) is 0 Å². The molecule has 0 spiro atoms. The first-order valence-electron chi connectivity index (χ1n) is 8.02. The van der Waals surface area contributed by atoms with Crippen LogP contribution in [-0.4, -0.2) is 27.3 Å². The molecule has 1 N–H and O–H groups in total. The summed E-state index contributed by atoms with van der Waals surface area (Å²) in [5.74, 6) is 0.155. The molecule has 2 heterocycles. The predicted octanol–water partition coefficient (Wildman–Crippen LogP) is 2.30. The van der Waals surface area contributed by atoms with Gasteiger partial charge in [0.2, 0.25) is 5.91 Å². The van der Waals surface area contributed by atoms with Crippen LogP contribution in [0.15, 0.2) is 35.1 Å². The van der Waals surface area contributed by atoms with Crippen LogP contribution in [0.4, 0.5) is 4.39 Å². The lowest BCUT2D eigenvalue weighted by molar-refractivity contribution is -0.134. The molecule has 0 saturated carbocycles. The molecule has 1 saturated heterocycles. The third-order valence-electron chi connectivity index (χ3n) is 4.59. The van der Waals surface area contributed by atoms with Gasteiger partial charge in [-0.05, 0) is 44.4 Å². The smallest absolute Gasteiger partial charge is 0.251 e. The minimum Gasteiger partial charge on any atom is -0.330 e. The molecule has 0 aliphatic carbocycles. The van der Waals surface area contributed by atoms with Crippen LogP contribution in [0, 0.1) is 12.7 Å². The lowest BCUT2D eigenvalue weighted by atomic mass is 9.96. The summed E-state index contributed by atoms with van der Waals surface area (Å²) < 4.78 is 13.0. The van der Waals surface area contributed by atoms with Crippen molar-refractivity contribution in [1.82, 2.24) is 14.9 Å². The summed E-state index contributed by atoms with van der Waals surface area (Å²) >= 11 is 0. The van der Waals surface area contributed by atoms with Gasteiger partial charge in [-0.15, -0.1) is 0 Å². The van der Waals surface area contributed by atoms with Crippen molar-refractivity contribution < 1.29 is 9.18 Å². The number of nitrogens with zero attached hydrogens (tertiary/aromatic N) is 2. The summed E-state index contributed by atoms with van der Waals surface area (Å²) in [7, 11) is 0. The van der Waals surface area contributed by atoms with Crippen molar-refractivity contribution in [3.05, 3.63) is 63.6 Å². The first-order chi connectivity index (χ1) is 11.4. The molecule has 126 valence electrons. The van der Waals surface area contributed by atoms with Crippen LogP contribution in [0.25, 0.3) is 0 Å². The first-order valence-corrected chi connectivity index (χ1v) is 8.02. The second-order valence-corrected chi connectivity index (χ2v) is 6.46. The average molecular weight is 329 g/mol. The summed E-state index contributed by atoms with van der Waals surface area (Å²) in [6, 6.07) is 7.38. The Kier molecular flexibility index (Phi) is 4.22. The summed E-state index contributed by atoms with van der Waals surface area (Å²) in [6.45, 7) is 4.32. The van der Waals surface area contributed by atoms with Crippen LogP contribution in [-0.2, 0) is 16.8 Å². The van der Waals surface area contributed by atoms with Crippen molar-refractivity contribution in [1.29, 1.82) is 0 Å². The third-order valence-corrected chi connectivity index (χ3v) is 4.59. The fourth-order valence-corrected chi connectivity index (χ4v) is 3.32. The maximum Gasteiger partial charge on any atom is 0.251 e. The molecule has 5 nitrogen and oxygen atoms in total. The number of likely N-dealkylation sites (tertiary alicyclic amines) is 1. The SMILES string of the molecule is Cc1cc(=O)[nH]c(C2(C)CCCN2C(=O)Cc2ccc(F)cc2)n1. The summed E-state index contributed by atoms with van der Waals surface area (Å²) in [4.78, 5) is 33.5. The molecule has 1 aromatic heterocycles. The molecule has 3 rings (SSSR count). The highest BCUT2D eigenvalue weighted by molar-refractivity contribution is 5.80. The van der Waals surface area contributed by atoms with Gasteiger partial charge in [-0.25, -0.2) is 9.37 Å². The Morgan fingerprint density at radius 2 is 2.08 bits per heavy atom. The number of aromatic nitrogens is 2. The number of rotatable bonds is 3. The molecule has 24 heavy (non-hydrogen) atoms. The highest BCUT2D eigenvalue weighted by Gasteiger charge is 2.42. The Morgan fingerprint density at radius 1 is 1.38 bits per heavy atom. The number of amides is 1. The Balaban J connectivity index is 1.87. The van der Waals surface area contributed by atoms with Crippen molar-refractivity contribution in [3.8, 4) is 0 Å². The van der Waals surface area contributed by atoms with Crippen molar-refractivity contribution in [2.24, 2.45) is 0 Å². The molecule has 0 bridgehead atoms. The van der Waals surface area contributed by atoms with Gasteiger partial charge in [0.25, 0.3) is 5.56 Å². The van der Waals surface area contributed by atoms with Crippen molar-refractivity contribution in [3.63, 3.8) is 0 Å². The monoisotopic (exact) mass is 329 g/mol. The van der Waals surface area contributed by atoms with Gasteiger partial charge in [0, 0.05) is 18.3 Å². The first kappa shape index (κ1) is 16.4. The number of aryl methyl sites for hydroxylation is 1. The summed E-state index contributed by atoms with van der Waals surface area (Å²) in [6.07, 6.45) is 1.80. The fraction of sp³-hybridized carbons (Fsp3) is 0.389. The molecule has 0 radical (unpaired) electrons. The third kappa shape index (κ3) is 3.09. The zero-order valence-electron chi connectivity index (χ0n) is 13.8. The molecular formula is C18H20FN3O2. The van der Waals surface area contributed by atoms with E-state index in [4.69, 9.17) is 0 Å². The zero-order chi connectivity index (χ0) is 17.3. The second-order valence-electron chi connectivity index (χ2n) is 6.46. The standard InChI is InChI=1S/C18H20FN3O2/c1-12-10-15(23)21-17(20-12)18(2)8-3-9-22(18)16(24)11-13-4-6-14(19)7-5-13/h4-7,10H,3,8-9,11H2,1-2H3,(H,20,21,23). The zero-order valence-corrected chi connectivity index (χ0v) is 13.8. The number of hydrogen-bond donors (Lipinski definition) is 1. The van der Waals surface area contributed by atoms with E-state index in [1.165, 1.54) is 18.2 Å². The van der Waals surface area contributed by atoms with Crippen LogP contribution >= 0.6 is 0 Å². The van der Waals surface area contributed by atoms with Crippen LogP contribution in [0.2, 0.25) is 0 Å². The van der Waals surface area contributed by atoms with Crippen molar-refractivity contribution in [2.75, 3.05) is 6.54 Å². The predicted molar refractivity (Wildman–Crippen MR) is 88.0 cm³/mol. The molecule has 1 unspecified atom stereocenters. The number of benzene rings is 1. The number of H-pyrrole nitrogens is 1. The Morgan fingerprint density at radius 3 is 2.75 bits per heavy atom. The highest BCUT2D eigenvalue weighted by atomic mass is 19.1. The van der Waals surface area contributed by atoms with E-state index in [9.17, 15) is 14.0 Å². The van der Waals surface area contributed by atoms with Crippen molar-refractivity contribution in [2.45, 2.75) is 38.6 Å². The van der Waals surface area contributed by atoms with Crippen LogP contribution in [0.3, 0.4) is 0 Å². The minimum atomic E-state index is -0.623. The molecule has 1 aliphatic heterocycles. The van der Waals surface area contributed by atoms with Crippen LogP contribution < -0.4 is 5.56 Å². The maximum atomic E-state index is 13.0. The summed E-state index contributed by atoms with van der Waals surface area (Å²) in [5, 5.41) is 0. The molecule has 1 aromatic carbocycles. The highest BCUT2D eigenvalue weighted by Crippen LogP contribution is 2.36. The van der Waals surface area contributed by atoms with E-state index in [-0.39, 0.29) is 23.7 Å². The van der Waals surface area contributed by atoms with Gasteiger partial charge < -0.3 is 9.88 Å². The fourth-order valence-electron chi connectivity index (χ4n) is 3.32. The Hall–Kier alpha value is -2.50. The molecule has 1 aliphatic rings. The number of nitrogens with one attached hydrogen (secondary N) is 1. The van der Waals surface area contributed by atoms with E-state index in [1.807, 2.05) is 6.92 Å². The summed E-state index contributed by atoms with van der Waals surface area (Å²) in [5.41, 5.74) is 0.563. The quantitative estimate of drug-likeness (QED) is 0.939. The number of carbonyl (C=O) groups excluding carboxylic acids is 1. The van der Waals surface area contributed by atoms with Gasteiger partial charge in [0.1, 0.15) is 11.6 Å². The topological polar surface area (TPSA) is 66.1 Å². The maximum absolute atomic E-state index is 13.0. The van der Waals surface area contributed by atoms with Crippen molar-refractivity contribution >= 4 is 5.91 Å². The van der Waals surface area contributed by atoms with Gasteiger partial charge in [0.15, 0.2) is 0 Å². The van der Waals surface area contributed by atoms with E-state index < -0.39 is 5.54 Å². The van der Waals surface area contributed by atoms with Gasteiger partial charge >= 0.3 is 0 Å². The molecule has 1 fully saturated rings. The molecule has 6 heteroatoms. The van der Waals surface area contributed by atoms with E-state index in [2.05, 4.69) is 9.97 Å². The molecule has 1 amide bonds. The second kappa shape index (κ2) is 6.19. The largest absolute Gasteiger partial charge is 0.330 e. The normalized spacial score (nSPS) is 20.4. The number of aromatic amines is 1. The van der Waals surface area contributed by atoms with Gasteiger partial charge in [-0.1, -0.05) is 12.1 Å². The minimum absolute atomic E-state index is 0.0502. The lowest BCUT2D eigenvalue weighted by Gasteiger charge is -2.34. The number of hydrogen-bond acceptors (Lipinski definition) is 3. The van der Waals surface area contributed by atoms with Gasteiger partial charge in [-0.2, -0.15) is 0 Å². The molecule has 1 atom stereocenters. The Bertz CT molecular complexity index is 816. The van der Waals surface area contributed by atoms with Gasteiger partial charge in [-0.3, -0.25) is 9.59 Å². The number of halogens is 1. The van der Waals surface area contributed by atoms with Gasteiger partial charge in [0.05, 0.1) is 12.0 Å². The van der Waals surface area contributed by atoms with Crippen LogP contribution in [0.1, 0.15) is 36.8 Å². The van der Waals surface area contributed by atoms with E-state index in [1.54, 1.807) is 24.0 Å². The van der Waals surface area contributed by atoms with E-state index in [0.717, 1.165) is 18.4 Å². The van der Waals surface area contributed by atoms with E-state index in [0.29, 0.717) is 18.1 Å². The molecule has 2 aromatic rings. The molecular weight excluding hydrogens is 309 g/mol. The lowest BCUT2D eigenvalue weighted by Crippen LogP contribution is -2.45.